The first-order valence-corrected chi connectivity index (χ1v) is 4.45. The summed E-state index contributed by atoms with van der Waals surface area (Å²) in [5.74, 6) is -1.73. The number of aliphatic hydroxyl groups excluding tert-OH is 1. The van der Waals surface area contributed by atoms with E-state index in [1.165, 1.54) is 0 Å². The third-order valence-corrected chi connectivity index (χ3v) is 2.30. The van der Waals surface area contributed by atoms with Gasteiger partial charge < -0.3 is 5.11 Å². The van der Waals surface area contributed by atoms with Crippen LogP contribution in [0.2, 0.25) is 0 Å². The highest BCUT2D eigenvalue weighted by Gasteiger charge is 2.25. The molecule has 1 aromatic carbocycles. The van der Waals surface area contributed by atoms with Crippen LogP contribution in [-0.4, -0.2) is 11.7 Å². The van der Waals surface area contributed by atoms with Crippen molar-refractivity contribution in [2.45, 2.75) is 26.2 Å². The van der Waals surface area contributed by atoms with Crippen LogP contribution in [0.15, 0.2) is 12.1 Å². The zero-order valence-electron chi connectivity index (χ0n) is 8.56. The van der Waals surface area contributed by atoms with Gasteiger partial charge in [-0.05, 0) is 24.1 Å². The number of halogens is 2. The van der Waals surface area contributed by atoms with E-state index in [-0.39, 0.29) is 12.2 Å². The van der Waals surface area contributed by atoms with E-state index < -0.39 is 17.0 Å². The summed E-state index contributed by atoms with van der Waals surface area (Å²) in [6, 6.07) is 2.71. The molecular formula is C11H14F2O. The molecular weight excluding hydrogens is 186 g/mol. The van der Waals surface area contributed by atoms with Crippen LogP contribution >= 0.6 is 0 Å². The van der Waals surface area contributed by atoms with Gasteiger partial charge >= 0.3 is 0 Å². The molecule has 0 saturated carbocycles. The normalized spacial score (nSPS) is 11.9. The van der Waals surface area contributed by atoms with Gasteiger partial charge in [0.2, 0.25) is 0 Å². The molecule has 3 heteroatoms. The summed E-state index contributed by atoms with van der Waals surface area (Å²) in [5, 5.41) is 9.06. The van der Waals surface area contributed by atoms with Crippen LogP contribution in [0.25, 0.3) is 0 Å². The molecule has 0 heterocycles. The largest absolute Gasteiger partial charge is 0.395 e. The third kappa shape index (κ3) is 1.93. The minimum Gasteiger partial charge on any atom is -0.395 e. The van der Waals surface area contributed by atoms with E-state index in [0.717, 1.165) is 6.07 Å². The summed E-state index contributed by atoms with van der Waals surface area (Å²) in [5.41, 5.74) is 0.120. The zero-order valence-corrected chi connectivity index (χ0v) is 8.56. The fraction of sp³-hybridized carbons (Fsp3) is 0.455. The van der Waals surface area contributed by atoms with Crippen molar-refractivity contribution >= 4 is 0 Å². The maximum atomic E-state index is 13.4. The van der Waals surface area contributed by atoms with Crippen molar-refractivity contribution in [1.82, 2.24) is 0 Å². The summed E-state index contributed by atoms with van der Waals surface area (Å²) in [7, 11) is 0. The molecule has 14 heavy (non-hydrogen) atoms. The molecule has 0 radical (unpaired) electrons. The Morgan fingerprint density at radius 3 is 2.36 bits per heavy atom. The number of hydrogen-bond acceptors (Lipinski definition) is 1. The van der Waals surface area contributed by atoms with Crippen molar-refractivity contribution in [3.05, 3.63) is 34.9 Å². The van der Waals surface area contributed by atoms with Gasteiger partial charge in [0.1, 0.15) is 0 Å². The van der Waals surface area contributed by atoms with Gasteiger partial charge in [0, 0.05) is 5.41 Å². The van der Waals surface area contributed by atoms with Crippen LogP contribution in [0.4, 0.5) is 8.78 Å². The lowest BCUT2D eigenvalue weighted by Crippen LogP contribution is -2.24. The zero-order chi connectivity index (χ0) is 10.9. The van der Waals surface area contributed by atoms with Crippen LogP contribution < -0.4 is 0 Å². The van der Waals surface area contributed by atoms with Gasteiger partial charge in [-0.3, -0.25) is 0 Å². The van der Waals surface area contributed by atoms with E-state index in [4.69, 9.17) is 5.11 Å². The van der Waals surface area contributed by atoms with E-state index in [1.807, 2.05) is 0 Å². The Labute approximate surface area is 82.4 Å². The molecule has 0 aliphatic heterocycles. The van der Waals surface area contributed by atoms with Crippen molar-refractivity contribution < 1.29 is 13.9 Å². The molecule has 0 saturated heterocycles. The standard InChI is InChI=1S/C11H14F2O/c1-7-4-8(11(2,3)6-14)10(13)9(12)5-7/h4-5,14H,6H2,1-3H3. The highest BCUT2D eigenvalue weighted by atomic mass is 19.2. The SMILES string of the molecule is Cc1cc(F)c(F)c(C(C)(C)CO)c1. The van der Waals surface area contributed by atoms with Gasteiger partial charge in [-0.1, -0.05) is 19.9 Å². The number of rotatable bonds is 2. The molecule has 0 amide bonds. The van der Waals surface area contributed by atoms with Crippen molar-refractivity contribution in [1.29, 1.82) is 0 Å². The van der Waals surface area contributed by atoms with Crippen molar-refractivity contribution in [2.75, 3.05) is 6.61 Å². The molecule has 0 atom stereocenters. The molecule has 1 aromatic rings. The van der Waals surface area contributed by atoms with Gasteiger partial charge in [-0.15, -0.1) is 0 Å². The van der Waals surface area contributed by atoms with Gasteiger partial charge in [0.25, 0.3) is 0 Å². The smallest absolute Gasteiger partial charge is 0.162 e. The lowest BCUT2D eigenvalue weighted by atomic mass is 9.84. The first-order valence-electron chi connectivity index (χ1n) is 4.45. The van der Waals surface area contributed by atoms with Gasteiger partial charge in [0.15, 0.2) is 11.6 Å². The number of aryl methyl sites for hydroxylation is 1. The summed E-state index contributed by atoms with van der Waals surface area (Å²) in [6.45, 7) is 4.82. The van der Waals surface area contributed by atoms with Gasteiger partial charge in [0.05, 0.1) is 6.61 Å². The molecule has 1 nitrogen and oxygen atoms in total. The topological polar surface area (TPSA) is 20.2 Å². The second kappa shape index (κ2) is 3.65. The van der Waals surface area contributed by atoms with E-state index in [1.54, 1.807) is 26.8 Å². The second-order valence-electron chi connectivity index (χ2n) is 4.15. The Kier molecular flexibility index (Phi) is 2.90. The average molecular weight is 200 g/mol. The van der Waals surface area contributed by atoms with Crippen molar-refractivity contribution in [3.63, 3.8) is 0 Å². The van der Waals surface area contributed by atoms with Gasteiger partial charge in [-0.2, -0.15) is 0 Å². The molecule has 0 bridgehead atoms. The summed E-state index contributed by atoms with van der Waals surface area (Å²) in [4.78, 5) is 0. The fourth-order valence-electron chi connectivity index (χ4n) is 1.30. The highest BCUT2D eigenvalue weighted by Crippen LogP contribution is 2.27. The van der Waals surface area contributed by atoms with E-state index >= 15 is 0 Å². The number of aliphatic hydroxyl groups is 1. The molecule has 1 rings (SSSR count). The molecule has 0 aliphatic carbocycles. The summed E-state index contributed by atoms with van der Waals surface area (Å²) < 4.78 is 26.4. The maximum Gasteiger partial charge on any atom is 0.162 e. The minimum absolute atomic E-state index is 0.215. The molecule has 0 aliphatic rings. The number of hydrogen-bond donors (Lipinski definition) is 1. The molecule has 1 N–H and O–H groups in total. The average Bonchev–Trinajstić information content (AvgIpc) is 2.11. The van der Waals surface area contributed by atoms with Crippen LogP contribution in [-0.2, 0) is 5.41 Å². The Morgan fingerprint density at radius 2 is 1.86 bits per heavy atom. The molecule has 0 fully saturated rings. The third-order valence-electron chi connectivity index (χ3n) is 2.30. The maximum absolute atomic E-state index is 13.4. The predicted molar refractivity (Wildman–Crippen MR) is 51.2 cm³/mol. The van der Waals surface area contributed by atoms with E-state index in [0.29, 0.717) is 5.56 Å². The van der Waals surface area contributed by atoms with E-state index in [9.17, 15) is 8.78 Å². The van der Waals surface area contributed by atoms with Gasteiger partial charge in [-0.25, -0.2) is 8.78 Å². The van der Waals surface area contributed by atoms with E-state index in [2.05, 4.69) is 0 Å². The first-order chi connectivity index (χ1) is 6.38. The Morgan fingerprint density at radius 1 is 1.29 bits per heavy atom. The predicted octanol–water partition coefficient (Wildman–Crippen LogP) is 2.54. The van der Waals surface area contributed by atoms with Crippen LogP contribution in [0.1, 0.15) is 25.0 Å². The number of benzene rings is 1. The Hall–Kier alpha value is -0.960. The van der Waals surface area contributed by atoms with Crippen LogP contribution in [0.5, 0.6) is 0 Å². The fourth-order valence-corrected chi connectivity index (χ4v) is 1.30. The van der Waals surface area contributed by atoms with Crippen LogP contribution in [0.3, 0.4) is 0 Å². The minimum atomic E-state index is -0.866. The quantitative estimate of drug-likeness (QED) is 0.777. The summed E-state index contributed by atoms with van der Waals surface area (Å²) >= 11 is 0. The summed E-state index contributed by atoms with van der Waals surface area (Å²) in [6.07, 6.45) is 0. The molecule has 0 unspecified atom stereocenters. The molecule has 0 aromatic heterocycles. The van der Waals surface area contributed by atoms with Crippen LogP contribution in [0, 0.1) is 18.6 Å². The second-order valence-corrected chi connectivity index (χ2v) is 4.15. The Balaban J connectivity index is 3.34. The first kappa shape index (κ1) is 11.1. The lowest BCUT2D eigenvalue weighted by Gasteiger charge is -2.23. The monoisotopic (exact) mass is 200 g/mol. The van der Waals surface area contributed by atoms with Crippen molar-refractivity contribution in [3.8, 4) is 0 Å². The lowest BCUT2D eigenvalue weighted by molar-refractivity contribution is 0.214. The Bertz CT molecular complexity index is 345. The molecule has 78 valence electrons. The van der Waals surface area contributed by atoms with Crippen molar-refractivity contribution in [2.24, 2.45) is 0 Å². The highest BCUT2D eigenvalue weighted by molar-refractivity contribution is 5.31. The molecule has 0 spiro atoms.